The molecule has 0 aromatic heterocycles. The predicted molar refractivity (Wildman–Crippen MR) is 111 cm³/mol. The first-order valence-electron chi connectivity index (χ1n) is 8.37. The second-order valence-electron chi connectivity index (χ2n) is 6.10. The summed E-state index contributed by atoms with van der Waals surface area (Å²) in [5.74, 6) is -0.815. The molecule has 8 heteroatoms. The lowest BCUT2D eigenvalue weighted by molar-refractivity contribution is -0.121. The fourth-order valence-electron chi connectivity index (χ4n) is 2.83. The molecule has 0 unspecified atom stereocenters. The summed E-state index contributed by atoms with van der Waals surface area (Å²) in [6, 6.07) is 15.8. The maximum absolute atomic E-state index is 12.2. The molecule has 2 amide bonds. The van der Waals surface area contributed by atoms with Crippen LogP contribution >= 0.6 is 27.7 Å². The summed E-state index contributed by atoms with van der Waals surface area (Å²) in [5.41, 5.74) is 1.73. The van der Waals surface area contributed by atoms with Crippen LogP contribution in [0, 0.1) is 11.3 Å². The van der Waals surface area contributed by atoms with E-state index < -0.39 is 5.92 Å². The van der Waals surface area contributed by atoms with Crippen molar-refractivity contribution in [2.24, 2.45) is 0 Å². The third-order valence-electron chi connectivity index (χ3n) is 4.10. The van der Waals surface area contributed by atoms with E-state index in [4.69, 9.17) is 0 Å². The van der Waals surface area contributed by atoms with Crippen LogP contribution in [0.15, 0.2) is 63.6 Å². The zero-order valence-electron chi connectivity index (χ0n) is 14.6. The summed E-state index contributed by atoms with van der Waals surface area (Å²) in [4.78, 5) is 24.4. The molecule has 0 radical (unpaired) electrons. The van der Waals surface area contributed by atoms with Crippen LogP contribution < -0.4 is 10.6 Å². The number of nitrogens with zero attached hydrogens (tertiary/aromatic N) is 1. The molecule has 3 rings (SSSR count). The molecule has 2 aromatic rings. The van der Waals surface area contributed by atoms with Crippen molar-refractivity contribution in [1.82, 2.24) is 5.32 Å². The molecule has 0 bridgehead atoms. The Morgan fingerprint density at radius 1 is 1.32 bits per heavy atom. The first-order chi connectivity index (χ1) is 13.5. The van der Waals surface area contributed by atoms with Gasteiger partial charge in [0.25, 0.3) is 0 Å². The lowest BCUT2D eigenvalue weighted by Gasteiger charge is -2.25. The van der Waals surface area contributed by atoms with E-state index in [9.17, 15) is 20.0 Å². The molecule has 0 saturated heterocycles. The van der Waals surface area contributed by atoms with E-state index in [0.717, 1.165) is 16.2 Å². The third-order valence-corrected chi connectivity index (χ3v) is 5.65. The Hall–Kier alpha value is -2.76. The minimum Gasteiger partial charge on any atom is -0.508 e. The van der Waals surface area contributed by atoms with Gasteiger partial charge in [-0.15, -0.1) is 0 Å². The number of nitriles is 1. The van der Waals surface area contributed by atoms with Gasteiger partial charge in [-0.05, 0) is 42.0 Å². The summed E-state index contributed by atoms with van der Waals surface area (Å²) in [6.07, 6.45) is 0.113. The van der Waals surface area contributed by atoms with Crippen LogP contribution in [0.25, 0.3) is 0 Å². The Balaban J connectivity index is 1.74. The van der Waals surface area contributed by atoms with Gasteiger partial charge in [0, 0.05) is 22.5 Å². The van der Waals surface area contributed by atoms with Gasteiger partial charge in [-0.25, -0.2) is 0 Å². The van der Waals surface area contributed by atoms with E-state index in [1.807, 2.05) is 12.1 Å². The average Bonchev–Trinajstić information content (AvgIpc) is 2.67. The molecule has 1 aliphatic rings. The summed E-state index contributed by atoms with van der Waals surface area (Å²) in [5, 5.41) is 25.2. The molecule has 3 N–H and O–H groups in total. The standard InChI is InChI=1S/C20H16BrN3O3S/c21-13-4-6-14(7-5-13)23-19(27)11-28-20-17(10-22)16(9-18(26)24-20)12-2-1-3-15(25)8-12/h1-8,16,25H,9,11H2,(H,23,27)(H,24,26)/t16-/m0/s1. The highest BCUT2D eigenvalue weighted by Gasteiger charge is 2.30. The number of phenols is 1. The van der Waals surface area contributed by atoms with Crippen LogP contribution in [-0.4, -0.2) is 22.7 Å². The Bertz CT molecular complexity index is 983. The Morgan fingerprint density at radius 2 is 2.07 bits per heavy atom. The monoisotopic (exact) mass is 457 g/mol. The average molecular weight is 458 g/mol. The summed E-state index contributed by atoms with van der Waals surface area (Å²) >= 11 is 4.44. The van der Waals surface area contributed by atoms with E-state index in [1.165, 1.54) is 6.07 Å². The molecule has 28 heavy (non-hydrogen) atoms. The van der Waals surface area contributed by atoms with Crippen molar-refractivity contribution >= 4 is 45.2 Å². The van der Waals surface area contributed by atoms with Gasteiger partial charge in [0.15, 0.2) is 0 Å². The summed E-state index contributed by atoms with van der Waals surface area (Å²) < 4.78 is 0.909. The SMILES string of the molecule is N#CC1=C(SCC(=O)Nc2ccc(Br)cc2)NC(=O)C[C@H]1c1cccc(O)c1. The van der Waals surface area contributed by atoms with E-state index in [0.29, 0.717) is 21.9 Å². The van der Waals surface area contributed by atoms with E-state index >= 15 is 0 Å². The quantitative estimate of drug-likeness (QED) is 0.632. The van der Waals surface area contributed by atoms with Crippen molar-refractivity contribution in [3.05, 3.63) is 69.2 Å². The third kappa shape index (κ3) is 4.94. The number of halogens is 1. The van der Waals surface area contributed by atoms with Gasteiger partial charge >= 0.3 is 0 Å². The number of amides is 2. The van der Waals surface area contributed by atoms with Gasteiger partial charge in [-0.2, -0.15) is 5.26 Å². The van der Waals surface area contributed by atoms with Crippen molar-refractivity contribution in [2.75, 3.05) is 11.1 Å². The van der Waals surface area contributed by atoms with Gasteiger partial charge in [0.2, 0.25) is 11.8 Å². The van der Waals surface area contributed by atoms with Crippen molar-refractivity contribution in [2.45, 2.75) is 12.3 Å². The van der Waals surface area contributed by atoms with Crippen LogP contribution in [0.3, 0.4) is 0 Å². The maximum Gasteiger partial charge on any atom is 0.234 e. The molecule has 0 aliphatic carbocycles. The normalized spacial score (nSPS) is 16.3. The Labute approximate surface area is 174 Å². The number of hydrogen-bond donors (Lipinski definition) is 3. The zero-order valence-corrected chi connectivity index (χ0v) is 17.0. The smallest absolute Gasteiger partial charge is 0.234 e. The maximum atomic E-state index is 12.2. The highest BCUT2D eigenvalue weighted by atomic mass is 79.9. The van der Waals surface area contributed by atoms with Crippen molar-refractivity contribution in [1.29, 1.82) is 5.26 Å². The number of benzene rings is 2. The highest BCUT2D eigenvalue weighted by molar-refractivity contribution is 9.10. The second-order valence-corrected chi connectivity index (χ2v) is 8.00. The van der Waals surface area contributed by atoms with E-state index in [2.05, 4.69) is 32.6 Å². The first-order valence-corrected chi connectivity index (χ1v) is 10.2. The topological polar surface area (TPSA) is 102 Å². The molecule has 142 valence electrons. The summed E-state index contributed by atoms with van der Waals surface area (Å²) in [7, 11) is 0. The number of aromatic hydroxyl groups is 1. The minimum absolute atomic E-state index is 0.0453. The number of anilines is 1. The summed E-state index contributed by atoms with van der Waals surface area (Å²) in [6.45, 7) is 0. The number of carbonyl (C=O) groups excluding carboxylic acids is 2. The number of phenolic OH excluding ortho intramolecular Hbond substituents is 1. The Kier molecular flexibility index (Phi) is 6.39. The minimum atomic E-state index is -0.456. The van der Waals surface area contributed by atoms with Gasteiger partial charge in [-0.1, -0.05) is 39.8 Å². The van der Waals surface area contributed by atoms with Crippen LogP contribution in [0.2, 0.25) is 0 Å². The van der Waals surface area contributed by atoms with Crippen molar-refractivity contribution in [3.63, 3.8) is 0 Å². The zero-order chi connectivity index (χ0) is 20.1. The molecule has 2 aromatic carbocycles. The number of nitrogens with one attached hydrogen (secondary N) is 2. The van der Waals surface area contributed by atoms with Crippen LogP contribution in [0.1, 0.15) is 17.9 Å². The van der Waals surface area contributed by atoms with Crippen molar-refractivity contribution < 1.29 is 14.7 Å². The van der Waals surface area contributed by atoms with E-state index in [-0.39, 0.29) is 29.7 Å². The van der Waals surface area contributed by atoms with Gasteiger partial charge in [-0.3, -0.25) is 9.59 Å². The lowest BCUT2D eigenvalue weighted by Crippen LogP contribution is -2.31. The lowest BCUT2D eigenvalue weighted by atomic mass is 9.87. The second kappa shape index (κ2) is 8.95. The van der Waals surface area contributed by atoms with Crippen LogP contribution in [0.4, 0.5) is 5.69 Å². The molecule has 1 aliphatic heterocycles. The molecule has 0 fully saturated rings. The molecule has 0 spiro atoms. The van der Waals surface area contributed by atoms with Gasteiger partial charge in [0.05, 0.1) is 22.4 Å². The number of thioether (sulfide) groups is 1. The number of rotatable bonds is 5. The molecule has 1 heterocycles. The molecular formula is C20H16BrN3O3S. The largest absolute Gasteiger partial charge is 0.508 e. The van der Waals surface area contributed by atoms with Crippen LogP contribution in [0.5, 0.6) is 5.75 Å². The van der Waals surface area contributed by atoms with Crippen LogP contribution in [-0.2, 0) is 9.59 Å². The molecule has 1 atom stereocenters. The van der Waals surface area contributed by atoms with Gasteiger partial charge < -0.3 is 15.7 Å². The highest BCUT2D eigenvalue weighted by Crippen LogP contribution is 2.36. The number of carbonyl (C=O) groups is 2. The molecule has 6 nitrogen and oxygen atoms in total. The number of hydrogen-bond acceptors (Lipinski definition) is 5. The number of allylic oxidation sites excluding steroid dienone is 1. The van der Waals surface area contributed by atoms with Crippen molar-refractivity contribution in [3.8, 4) is 11.8 Å². The first kappa shape index (κ1) is 20.0. The predicted octanol–water partition coefficient (Wildman–Crippen LogP) is 3.87. The molecule has 0 saturated carbocycles. The van der Waals surface area contributed by atoms with E-state index in [1.54, 1.807) is 30.3 Å². The van der Waals surface area contributed by atoms with Gasteiger partial charge in [0.1, 0.15) is 5.75 Å². The fraction of sp³-hybridized carbons (Fsp3) is 0.150. The molecular weight excluding hydrogens is 442 g/mol. The Morgan fingerprint density at radius 3 is 2.75 bits per heavy atom. The fourth-order valence-corrected chi connectivity index (χ4v) is 3.97.